The molecule has 0 spiro atoms. The Morgan fingerprint density at radius 3 is 0.732 bits per heavy atom. The minimum atomic E-state index is -4.96. The fourth-order valence-corrected chi connectivity index (χ4v) is 13.6. The number of hydrogen-bond donors (Lipinski definition) is 3. The van der Waals surface area contributed by atoms with Crippen LogP contribution in [0.15, 0.2) is 0 Å². The molecule has 0 amide bonds. The van der Waals surface area contributed by atoms with Gasteiger partial charge in [0.25, 0.3) is 0 Å². The van der Waals surface area contributed by atoms with E-state index in [1.165, 1.54) is 238 Å². The second-order valence-corrected chi connectivity index (χ2v) is 31.3. The highest BCUT2D eigenvalue weighted by molar-refractivity contribution is 7.47. The highest BCUT2D eigenvalue weighted by Crippen LogP contribution is 2.45. The molecular weight excluding hydrogens is 1270 g/mol. The van der Waals surface area contributed by atoms with Gasteiger partial charge >= 0.3 is 39.5 Å². The van der Waals surface area contributed by atoms with E-state index >= 15 is 0 Å². The van der Waals surface area contributed by atoms with Gasteiger partial charge < -0.3 is 33.8 Å². The van der Waals surface area contributed by atoms with Crippen molar-refractivity contribution in [3.8, 4) is 0 Å². The number of phosphoric acid groups is 2. The van der Waals surface area contributed by atoms with E-state index in [-0.39, 0.29) is 25.7 Å². The van der Waals surface area contributed by atoms with Crippen LogP contribution < -0.4 is 0 Å². The van der Waals surface area contributed by atoms with Gasteiger partial charge in [-0.15, -0.1) is 0 Å². The number of esters is 4. The molecule has 0 aromatic carbocycles. The lowest BCUT2D eigenvalue weighted by Gasteiger charge is -2.21. The summed E-state index contributed by atoms with van der Waals surface area (Å²) in [4.78, 5) is 72.9. The maximum absolute atomic E-state index is 13.1. The summed E-state index contributed by atoms with van der Waals surface area (Å²) in [5.41, 5.74) is 0. The van der Waals surface area contributed by atoms with Crippen molar-refractivity contribution in [1.82, 2.24) is 0 Å². The molecule has 0 bridgehead atoms. The molecule has 3 unspecified atom stereocenters. The third-order valence-electron chi connectivity index (χ3n) is 18.6. The maximum Gasteiger partial charge on any atom is 0.472 e. The zero-order valence-corrected chi connectivity index (χ0v) is 65.0. The number of carbonyl (C=O) groups is 4. The van der Waals surface area contributed by atoms with Gasteiger partial charge in [-0.3, -0.25) is 37.3 Å². The Balaban J connectivity index is 5.23. The Morgan fingerprint density at radius 2 is 0.495 bits per heavy atom. The van der Waals surface area contributed by atoms with Gasteiger partial charge in [0, 0.05) is 25.7 Å². The molecule has 97 heavy (non-hydrogen) atoms. The Bertz CT molecular complexity index is 1860. The van der Waals surface area contributed by atoms with Gasteiger partial charge in [-0.1, -0.05) is 362 Å². The maximum atomic E-state index is 13.1. The minimum absolute atomic E-state index is 0.106. The lowest BCUT2D eigenvalue weighted by atomic mass is 9.99. The monoisotopic (exact) mass is 1420 g/mol. The van der Waals surface area contributed by atoms with E-state index in [1.54, 1.807) is 0 Å². The molecule has 576 valence electrons. The van der Waals surface area contributed by atoms with E-state index < -0.39 is 97.5 Å². The molecule has 0 heterocycles. The summed E-state index contributed by atoms with van der Waals surface area (Å²) < 4.78 is 68.6. The quantitative estimate of drug-likeness (QED) is 0.0222. The Labute approximate surface area is 594 Å². The van der Waals surface area contributed by atoms with E-state index in [9.17, 15) is 43.2 Å². The summed E-state index contributed by atoms with van der Waals surface area (Å²) in [6, 6.07) is 0. The number of unbranched alkanes of at least 4 members (excludes halogenated alkanes) is 49. The number of aliphatic hydroxyl groups excluding tert-OH is 1. The highest BCUT2D eigenvalue weighted by atomic mass is 31.2. The number of carbonyl (C=O) groups excluding carboxylic acids is 4. The summed E-state index contributed by atoms with van der Waals surface area (Å²) in [7, 11) is -9.91. The molecule has 0 aliphatic carbocycles. The fourth-order valence-electron chi connectivity index (χ4n) is 12.0. The molecule has 0 fully saturated rings. The van der Waals surface area contributed by atoms with Crippen molar-refractivity contribution in [2.75, 3.05) is 39.6 Å². The van der Waals surface area contributed by atoms with Crippen LogP contribution in [0, 0.1) is 5.92 Å². The van der Waals surface area contributed by atoms with Crippen molar-refractivity contribution in [1.29, 1.82) is 0 Å². The Kier molecular flexibility index (Phi) is 69.6. The summed E-state index contributed by atoms with van der Waals surface area (Å²) in [5.74, 6) is -1.34. The van der Waals surface area contributed by atoms with Crippen LogP contribution in [-0.4, -0.2) is 96.7 Å². The molecule has 0 saturated heterocycles. The zero-order valence-electron chi connectivity index (χ0n) is 63.2. The van der Waals surface area contributed by atoms with Gasteiger partial charge in [-0.2, -0.15) is 0 Å². The first kappa shape index (κ1) is 95.1. The Hall–Kier alpha value is -1.94. The van der Waals surface area contributed by atoms with E-state index in [1.807, 2.05) is 0 Å². The first-order valence-electron chi connectivity index (χ1n) is 40.7. The van der Waals surface area contributed by atoms with Crippen LogP contribution in [0.3, 0.4) is 0 Å². The molecule has 19 heteroatoms. The average Bonchev–Trinajstić information content (AvgIpc) is 1.14. The van der Waals surface area contributed by atoms with Gasteiger partial charge in [0.15, 0.2) is 12.2 Å². The molecule has 17 nitrogen and oxygen atoms in total. The minimum Gasteiger partial charge on any atom is -0.462 e. The lowest BCUT2D eigenvalue weighted by Crippen LogP contribution is -2.30. The van der Waals surface area contributed by atoms with Gasteiger partial charge in [0.05, 0.1) is 26.4 Å². The normalized spacial score (nSPS) is 14.2. The molecule has 0 aromatic rings. The summed E-state index contributed by atoms with van der Waals surface area (Å²) in [5, 5.41) is 10.6. The van der Waals surface area contributed by atoms with E-state index in [4.69, 9.17) is 37.0 Å². The smallest absolute Gasteiger partial charge is 0.462 e. The largest absolute Gasteiger partial charge is 0.472 e. The third-order valence-corrected chi connectivity index (χ3v) is 20.5. The average molecular weight is 1420 g/mol. The SMILES string of the molecule is CCCCCCCCCCCCCCCCCCCCCCC(=O)O[C@H](COC(=O)CCCCCCCCCCCCCCC)COP(=O)(O)OC[C@@H](O)COP(=O)(O)OC[C@@H](COC(=O)CCCCCCCCCCCCCC)OC(=O)CCCCCCCCCCC(C)CC. The predicted octanol–water partition coefficient (Wildman–Crippen LogP) is 23.3. The second kappa shape index (κ2) is 71.1. The third kappa shape index (κ3) is 70.9. The molecule has 0 radical (unpaired) electrons. The molecule has 3 N–H and O–H groups in total. The molecule has 0 aromatic heterocycles. The van der Waals surface area contributed by atoms with Crippen molar-refractivity contribution < 1.29 is 80.2 Å². The zero-order chi connectivity index (χ0) is 71.2. The van der Waals surface area contributed by atoms with E-state index in [0.717, 1.165) is 95.8 Å². The molecule has 0 aliphatic rings. The summed E-state index contributed by atoms with van der Waals surface area (Å²) in [6.45, 7) is 7.31. The predicted molar refractivity (Wildman–Crippen MR) is 395 cm³/mol. The standard InChI is InChI=1S/C78H152O17P2/c1-6-10-13-16-19-22-25-28-29-30-31-32-33-34-36-39-42-48-53-58-63-77(82)94-73(67-88-76(81)62-57-52-47-41-38-35-26-23-20-17-14-11-7-2)69-92-96(84,85)90-65-72(79)66-91-97(86,87)93-70-74(95-78(83)64-59-54-49-44-43-45-50-55-60-71(5)9-4)68-89-75(80)61-56-51-46-40-37-27-24-21-18-15-12-8-3/h71-74,79H,6-70H2,1-5H3,(H,84,85)(H,86,87)/t71?,72-,73-,74-/m1/s1. The molecule has 0 rings (SSSR count). The Morgan fingerprint density at radius 1 is 0.289 bits per heavy atom. The van der Waals surface area contributed by atoms with Crippen molar-refractivity contribution in [2.45, 2.75) is 432 Å². The summed E-state index contributed by atoms with van der Waals surface area (Å²) >= 11 is 0. The van der Waals surface area contributed by atoms with E-state index in [0.29, 0.717) is 25.7 Å². The van der Waals surface area contributed by atoms with Crippen LogP contribution in [-0.2, 0) is 65.4 Å². The lowest BCUT2D eigenvalue weighted by molar-refractivity contribution is -0.161. The summed E-state index contributed by atoms with van der Waals surface area (Å²) in [6.07, 6.45) is 60.9. The number of hydrogen-bond acceptors (Lipinski definition) is 15. The van der Waals surface area contributed by atoms with Gasteiger partial charge in [0.2, 0.25) is 0 Å². The number of ether oxygens (including phenoxy) is 4. The first-order valence-corrected chi connectivity index (χ1v) is 43.7. The van der Waals surface area contributed by atoms with Crippen molar-refractivity contribution in [3.05, 3.63) is 0 Å². The van der Waals surface area contributed by atoms with Crippen LogP contribution in [0.5, 0.6) is 0 Å². The van der Waals surface area contributed by atoms with Crippen LogP contribution in [0.2, 0.25) is 0 Å². The number of phosphoric ester groups is 2. The first-order chi connectivity index (χ1) is 47.1. The molecular formula is C78H152O17P2. The van der Waals surface area contributed by atoms with E-state index in [2.05, 4.69) is 34.6 Å². The van der Waals surface area contributed by atoms with Gasteiger partial charge in [0.1, 0.15) is 19.3 Å². The highest BCUT2D eigenvalue weighted by Gasteiger charge is 2.30. The van der Waals surface area contributed by atoms with Crippen molar-refractivity contribution in [2.24, 2.45) is 5.92 Å². The number of rotatable bonds is 78. The fraction of sp³-hybridized carbons (Fsp3) is 0.949. The van der Waals surface area contributed by atoms with Crippen LogP contribution in [0.4, 0.5) is 0 Å². The molecule has 0 aliphatic heterocycles. The van der Waals surface area contributed by atoms with Crippen LogP contribution in [0.25, 0.3) is 0 Å². The van der Waals surface area contributed by atoms with Gasteiger partial charge in [-0.05, 0) is 31.6 Å². The van der Waals surface area contributed by atoms with Crippen molar-refractivity contribution >= 4 is 39.5 Å². The van der Waals surface area contributed by atoms with Crippen molar-refractivity contribution in [3.63, 3.8) is 0 Å². The molecule has 6 atom stereocenters. The van der Waals surface area contributed by atoms with Crippen LogP contribution >= 0.6 is 15.6 Å². The number of aliphatic hydroxyl groups is 1. The van der Waals surface area contributed by atoms with Crippen LogP contribution in [0.1, 0.15) is 413 Å². The molecule has 0 saturated carbocycles. The topological polar surface area (TPSA) is 237 Å². The second-order valence-electron chi connectivity index (χ2n) is 28.3. The van der Waals surface area contributed by atoms with Gasteiger partial charge in [-0.25, -0.2) is 9.13 Å².